The maximum Gasteiger partial charge on any atom is 0.220 e. The van der Waals surface area contributed by atoms with Gasteiger partial charge in [-0.05, 0) is 17.9 Å². The lowest BCUT2D eigenvalue weighted by molar-refractivity contribution is -0.121. The second kappa shape index (κ2) is 23.1. The van der Waals surface area contributed by atoms with E-state index in [1.54, 1.807) is 0 Å². The van der Waals surface area contributed by atoms with Gasteiger partial charge in [-0.15, -0.1) is 12.4 Å². The van der Waals surface area contributed by atoms with Crippen LogP contribution in [-0.2, 0) is 11.3 Å². The van der Waals surface area contributed by atoms with E-state index in [0.717, 1.165) is 12.3 Å². The van der Waals surface area contributed by atoms with Crippen LogP contribution in [0.3, 0.4) is 0 Å². The molecule has 1 aromatic rings. The highest BCUT2D eigenvalue weighted by Crippen LogP contribution is 2.15. The third kappa shape index (κ3) is 20.9. The van der Waals surface area contributed by atoms with Gasteiger partial charge in [0.2, 0.25) is 5.91 Å². The van der Waals surface area contributed by atoms with Gasteiger partial charge in [0.05, 0.1) is 0 Å². The average molecular weight is 466 g/mol. The molecule has 0 saturated heterocycles. The van der Waals surface area contributed by atoms with Crippen molar-refractivity contribution in [3.63, 3.8) is 0 Å². The number of hydrogen-bond acceptors (Lipinski definition) is 1. The van der Waals surface area contributed by atoms with Crippen molar-refractivity contribution in [3.05, 3.63) is 35.9 Å². The summed E-state index contributed by atoms with van der Waals surface area (Å²) in [6.45, 7) is 5.31. The van der Waals surface area contributed by atoms with E-state index in [1.165, 1.54) is 108 Å². The molecule has 0 bridgehead atoms. The first-order valence-electron chi connectivity index (χ1n) is 13.5. The molecule has 0 fully saturated rings. The van der Waals surface area contributed by atoms with Crippen molar-refractivity contribution in [2.45, 2.75) is 136 Å². The van der Waals surface area contributed by atoms with E-state index in [-0.39, 0.29) is 18.3 Å². The van der Waals surface area contributed by atoms with Crippen LogP contribution < -0.4 is 5.32 Å². The van der Waals surface area contributed by atoms with E-state index in [1.807, 2.05) is 18.2 Å². The number of benzene rings is 1. The van der Waals surface area contributed by atoms with Gasteiger partial charge in [0.15, 0.2) is 0 Å². The van der Waals surface area contributed by atoms with Crippen LogP contribution in [0, 0.1) is 5.92 Å². The summed E-state index contributed by atoms with van der Waals surface area (Å²) < 4.78 is 0. The predicted molar refractivity (Wildman–Crippen MR) is 143 cm³/mol. The van der Waals surface area contributed by atoms with E-state index < -0.39 is 0 Å². The Kier molecular flexibility index (Phi) is 22.4. The average Bonchev–Trinajstić information content (AvgIpc) is 2.77. The number of unbranched alkanes of at least 4 members (excludes halogenated alkanes) is 15. The summed E-state index contributed by atoms with van der Waals surface area (Å²) in [4.78, 5) is 11.9. The van der Waals surface area contributed by atoms with Crippen LogP contribution in [-0.4, -0.2) is 5.91 Å². The minimum absolute atomic E-state index is 0. The molecule has 0 aromatic heterocycles. The van der Waals surface area contributed by atoms with Gasteiger partial charge >= 0.3 is 0 Å². The highest BCUT2D eigenvalue weighted by molar-refractivity contribution is 5.85. The Morgan fingerprint density at radius 1 is 0.656 bits per heavy atom. The van der Waals surface area contributed by atoms with E-state index >= 15 is 0 Å². The zero-order chi connectivity index (χ0) is 22.4. The number of hydrogen-bond donors (Lipinski definition) is 1. The van der Waals surface area contributed by atoms with Gasteiger partial charge in [0.25, 0.3) is 0 Å². The Morgan fingerprint density at radius 2 is 1.06 bits per heavy atom. The van der Waals surface area contributed by atoms with Gasteiger partial charge in [0, 0.05) is 13.0 Å². The summed E-state index contributed by atoms with van der Waals surface area (Å²) >= 11 is 0. The molecule has 0 radical (unpaired) electrons. The monoisotopic (exact) mass is 465 g/mol. The Balaban J connectivity index is 0.00000961. The summed E-state index contributed by atoms with van der Waals surface area (Å²) in [5, 5.41) is 3.02. The maximum atomic E-state index is 11.9. The molecule has 1 aromatic carbocycles. The normalized spacial score (nSPS) is 10.8. The molecule has 32 heavy (non-hydrogen) atoms. The van der Waals surface area contributed by atoms with Crippen molar-refractivity contribution in [2.24, 2.45) is 5.92 Å². The SMILES string of the molecule is CC(C)CCCCCCCCCCCCCCCCCCC(=O)NCc1ccccc1.Cl. The molecule has 0 heterocycles. The molecule has 0 aliphatic rings. The van der Waals surface area contributed by atoms with Crippen LogP contribution in [0.2, 0.25) is 0 Å². The molecule has 3 heteroatoms. The summed E-state index contributed by atoms with van der Waals surface area (Å²) in [6, 6.07) is 10.1. The van der Waals surface area contributed by atoms with E-state index in [4.69, 9.17) is 0 Å². The van der Waals surface area contributed by atoms with Crippen molar-refractivity contribution in [1.29, 1.82) is 0 Å². The van der Waals surface area contributed by atoms with Gasteiger partial charge in [-0.3, -0.25) is 4.79 Å². The Labute approximate surface area is 206 Å². The van der Waals surface area contributed by atoms with Gasteiger partial charge in [0.1, 0.15) is 0 Å². The van der Waals surface area contributed by atoms with Crippen LogP contribution >= 0.6 is 12.4 Å². The molecule has 0 spiro atoms. The van der Waals surface area contributed by atoms with Crippen LogP contribution in [0.25, 0.3) is 0 Å². The minimum Gasteiger partial charge on any atom is -0.352 e. The fourth-order valence-corrected chi connectivity index (χ4v) is 4.20. The lowest BCUT2D eigenvalue weighted by atomic mass is 10.0. The number of carbonyl (C=O) groups is 1. The molecule has 1 rings (SSSR count). The lowest BCUT2D eigenvalue weighted by Crippen LogP contribution is -2.22. The summed E-state index contributed by atoms with van der Waals surface area (Å²) in [6.07, 6.45) is 24.1. The first-order valence-corrected chi connectivity index (χ1v) is 13.5. The first kappa shape index (κ1) is 31.0. The molecule has 0 aliphatic carbocycles. The van der Waals surface area contributed by atoms with Gasteiger partial charge in [-0.1, -0.05) is 147 Å². The third-order valence-corrected chi connectivity index (χ3v) is 6.27. The van der Waals surface area contributed by atoms with Crippen molar-refractivity contribution in [3.8, 4) is 0 Å². The number of rotatable bonds is 21. The van der Waals surface area contributed by atoms with E-state index in [2.05, 4.69) is 31.3 Å². The fourth-order valence-electron chi connectivity index (χ4n) is 4.20. The predicted octanol–water partition coefficient (Wildman–Crippen LogP) is 9.40. The van der Waals surface area contributed by atoms with Crippen molar-refractivity contribution >= 4 is 18.3 Å². The Morgan fingerprint density at radius 3 is 1.50 bits per heavy atom. The quantitative estimate of drug-likeness (QED) is 0.180. The molecular weight excluding hydrogens is 414 g/mol. The van der Waals surface area contributed by atoms with E-state index in [0.29, 0.717) is 13.0 Å². The van der Waals surface area contributed by atoms with Crippen molar-refractivity contribution < 1.29 is 4.79 Å². The highest BCUT2D eigenvalue weighted by atomic mass is 35.5. The lowest BCUT2D eigenvalue weighted by Gasteiger charge is -2.06. The largest absolute Gasteiger partial charge is 0.352 e. The number of nitrogens with one attached hydrogen (secondary N) is 1. The van der Waals surface area contributed by atoms with Crippen LogP contribution in [0.15, 0.2) is 30.3 Å². The second-order valence-electron chi connectivity index (χ2n) is 9.85. The molecule has 0 unspecified atom stereocenters. The first-order chi connectivity index (χ1) is 15.2. The standard InChI is InChI=1S/C29H51NO.ClH/c1-27(2)22-18-15-13-11-9-7-5-3-4-6-8-10-12-14-16-21-25-29(31)30-26-28-23-19-17-20-24-28;/h17,19-20,23-24,27H,3-16,18,21-22,25-26H2,1-2H3,(H,30,31);1H. The Hall–Kier alpha value is -1.02. The molecule has 1 amide bonds. The van der Waals surface area contributed by atoms with Gasteiger partial charge in [-0.2, -0.15) is 0 Å². The number of amides is 1. The van der Waals surface area contributed by atoms with Gasteiger partial charge in [-0.25, -0.2) is 0 Å². The Bertz CT molecular complexity index is 517. The number of halogens is 1. The molecule has 0 saturated carbocycles. The number of carbonyl (C=O) groups excluding carboxylic acids is 1. The zero-order valence-corrected chi connectivity index (χ0v) is 22.0. The van der Waals surface area contributed by atoms with Gasteiger partial charge < -0.3 is 5.32 Å². The van der Waals surface area contributed by atoms with Crippen molar-refractivity contribution in [1.82, 2.24) is 5.32 Å². The van der Waals surface area contributed by atoms with Crippen LogP contribution in [0.4, 0.5) is 0 Å². The zero-order valence-electron chi connectivity index (χ0n) is 21.2. The summed E-state index contributed by atoms with van der Waals surface area (Å²) in [5.41, 5.74) is 1.17. The molecule has 0 aliphatic heterocycles. The second-order valence-corrected chi connectivity index (χ2v) is 9.85. The highest BCUT2D eigenvalue weighted by Gasteiger charge is 2.01. The molecule has 1 N–H and O–H groups in total. The fraction of sp³-hybridized carbons (Fsp3) is 0.759. The smallest absolute Gasteiger partial charge is 0.220 e. The van der Waals surface area contributed by atoms with E-state index in [9.17, 15) is 4.79 Å². The summed E-state index contributed by atoms with van der Waals surface area (Å²) in [7, 11) is 0. The minimum atomic E-state index is 0. The van der Waals surface area contributed by atoms with Crippen LogP contribution in [0.5, 0.6) is 0 Å². The topological polar surface area (TPSA) is 29.1 Å². The van der Waals surface area contributed by atoms with Crippen molar-refractivity contribution in [2.75, 3.05) is 0 Å². The molecular formula is C29H52ClNO. The van der Waals surface area contributed by atoms with Crippen LogP contribution in [0.1, 0.15) is 135 Å². The summed E-state index contributed by atoms with van der Waals surface area (Å²) in [5.74, 6) is 1.07. The molecule has 0 atom stereocenters. The molecule has 2 nitrogen and oxygen atoms in total. The third-order valence-electron chi connectivity index (χ3n) is 6.27. The molecule has 186 valence electrons. The maximum absolute atomic E-state index is 11.9.